The van der Waals surface area contributed by atoms with Gasteiger partial charge in [0.25, 0.3) is 0 Å². The van der Waals surface area contributed by atoms with E-state index in [1.807, 2.05) is 0 Å². The van der Waals surface area contributed by atoms with Crippen molar-refractivity contribution >= 4 is 5.97 Å². The van der Waals surface area contributed by atoms with Crippen molar-refractivity contribution in [3.05, 3.63) is 59.7 Å². The lowest BCUT2D eigenvalue weighted by Crippen LogP contribution is -2.62. The van der Waals surface area contributed by atoms with Crippen molar-refractivity contribution in [3.63, 3.8) is 0 Å². The molecule has 0 aliphatic heterocycles. The van der Waals surface area contributed by atoms with Crippen LogP contribution in [0.3, 0.4) is 0 Å². The molecule has 1 aromatic rings. The summed E-state index contributed by atoms with van der Waals surface area (Å²) in [6, 6.07) is 8.25. The van der Waals surface area contributed by atoms with Gasteiger partial charge in [-0.3, -0.25) is 0 Å². The fourth-order valence-electron chi connectivity index (χ4n) is 5.06. The van der Waals surface area contributed by atoms with Gasteiger partial charge in [0.15, 0.2) is 0 Å². The van der Waals surface area contributed by atoms with Gasteiger partial charge in [0, 0.05) is 23.7 Å². The minimum atomic E-state index is -2.32. The molecule has 35 heavy (non-hydrogen) atoms. The molecule has 0 heterocycles. The highest BCUT2D eigenvalue weighted by Crippen LogP contribution is 2.48. The van der Waals surface area contributed by atoms with E-state index in [1.165, 1.54) is 25.2 Å². The smallest absolute Gasteiger partial charge is 0.338 e. The Hall–Kier alpha value is -2.07. The van der Waals surface area contributed by atoms with E-state index in [0.717, 1.165) is 0 Å². The maximum Gasteiger partial charge on any atom is 0.338 e. The zero-order valence-corrected chi connectivity index (χ0v) is 20.9. The number of rotatable bonds is 2. The van der Waals surface area contributed by atoms with E-state index >= 15 is 0 Å². The second-order valence-corrected chi connectivity index (χ2v) is 10.9. The third kappa shape index (κ3) is 5.09. The summed E-state index contributed by atoms with van der Waals surface area (Å²) in [4.78, 5) is 12.9. The zero-order chi connectivity index (χ0) is 26.3. The second kappa shape index (κ2) is 9.76. The minimum absolute atomic E-state index is 0.0257. The fourth-order valence-corrected chi connectivity index (χ4v) is 5.06. The Morgan fingerprint density at radius 1 is 1.00 bits per heavy atom. The highest BCUT2D eigenvalue weighted by atomic mass is 16.5. The molecule has 1 saturated carbocycles. The normalized spacial score (nSPS) is 44.2. The molecule has 0 spiro atoms. The highest BCUT2D eigenvalue weighted by Gasteiger charge is 2.65. The topological polar surface area (TPSA) is 148 Å². The second-order valence-electron chi connectivity index (χ2n) is 10.9. The third-order valence-corrected chi connectivity index (χ3v) is 7.75. The van der Waals surface area contributed by atoms with Crippen LogP contribution in [-0.4, -0.2) is 78.3 Å². The average molecular weight is 491 g/mol. The van der Waals surface area contributed by atoms with Crippen LogP contribution in [-0.2, 0) is 4.74 Å². The van der Waals surface area contributed by atoms with Crippen molar-refractivity contribution in [2.24, 2.45) is 17.3 Å². The number of carbonyl (C=O) groups excluding carboxylic acids is 1. The van der Waals surface area contributed by atoms with Crippen LogP contribution in [0.1, 0.15) is 51.4 Å². The van der Waals surface area contributed by atoms with Crippen molar-refractivity contribution in [1.82, 2.24) is 0 Å². The molecule has 9 atom stereocenters. The van der Waals surface area contributed by atoms with Crippen LogP contribution in [0.15, 0.2) is 54.1 Å². The Balaban J connectivity index is 2.12. The summed E-state index contributed by atoms with van der Waals surface area (Å²) in [6.07, 6.45) is -2.40. The van der Waals surface area contributed by atoms with Crippen molar-refractivity contribution in [2.45, 2.75) is 82.8 Å². The van der Waals surface area contributed by atoms with Crippen molar-refractivity contribution in [3.8, 4) is 0 Å². The van der Waals surface area contributed by atoms with Crippen LogP contribution in [0, 0.1) is 17.3 Å². The Bertz CT molecular complexity index is 969. The summed E-state index contributed by atoms with van der Waals surface area (Å²) in [5.74, 6) is -2.66. The number of carbonyl (C=O) groups is 1. The summed E-state index contributed by atoms with van der Waals surface area (Å²) in [5, 5.41) is 66.9. The van der Waals surface area contributed by atoms with Crippen LogP contribution in [0.2, 0.25) is 0 Å². The van der Waals surface area contributed by atoms with Crippen LogP contribution in [0.4, 0.5) is 0 Å². The fraction of sp³-hybridized carbons (Fsp3) is 0.593. The molecule has 6 N–H and O–H groups in total. The molecule has 194 valence electrons. The van der Waals surface area contributed by atoms with E-state index < -0.39 is 64.9 Å². The molecular weight excluding hydrogens is 452 g/mol. The van der Waals surface area contributed by atoms with Crippen LogP contribution in [0.25, 0.3) is 0 Å². The number of ether oxygens (including phenoxy) is 1. The Morgan fingerprint density at radius 3 is 2.20 bits per heavy atom. The predicted molar refractivity (Wildman–Crippen MR) is 129 cm³/mol. The van der Waals surface area contributed by atoms with Gasteiger partial charge in [-0.05, 0) is 31.6 Å². The van der Waals surface area contributed by atoms with Crippen LogP contribution < -0.4 is 0 Å². The van der Waals surface area contributed by atoms with Gasteiger partial charge in [-0.2, -0.15) is 0 Å². The maximum absolute atomic E-state index is 12.9. The van der Waals surface area contributed by atoms with Gasteiger partial charge >= 0.3 is 5.97 Å². The highest BCUT2D eigenvalue weighted by molar-refractivity contribution is 5.89. The predicted octanol–water partition coefficient (Wildman–Crippen LogP) is 1.34. The quantitative estimate of drug-likeness (QED) is 0.269. The number of esters is 1. The molecule has 0 amide bonds. The summed E-state index contributed by atoms with van der Waals surface area (Å²) >= 11 is 0. The lowest BCUT2D eigenvalue weighted by molar-refractivity contribution is -0.198. The van der Waals surface area contributed by atoms with Gasteiger partial charge in [-0.25, -0.2) is 4.79 Å². The molecule has 0 radical (unpaired) electrons. The van der Waals surface area contributed by atoms with E-state index in [0.29, 0.717) is 5.57 Å². The molecule has 3 rings (SSSR count). The van der Waals surface area contributed by atoms with Gasteiger partial charge in [-0.15, -0.1) is 0 Å². The Kier molecular flexibility index (Phi) is 7.68. The monoisotopic (exact) mass is 490 g/mol. The van der Waals surface area contributed by atoms with Crippen molar-refractivity contribution < 1.29 is 40.2 Å². The Labute approximate surface area is 206 Å². The summed E-state index contributed by atoms with van der Waals surface area (Å²) in [6.45, 7) is 7.92. The first kappa shape index (κ1) is 27.5. The average Bonchev–Trinajstić information content (AvgIpc) is 2.98. The van der Waals surface area contributed by atoms with E-state index in [2.05, 4.69) is 0 Å². The molecule has 0 saturated heterocycles. The lowest BCUT2D eigenvalue weighted by Gasteiger charge is -2.43. The van der Waals surface area contributed by atoms with Gasteiger partial charge in [-0.1, -0.05) is 57.2 Å². The lowest BCUT2D eigenvalue weighted by atomic mass is 9.73. The Morgan fingerprint density at radius 2 is 1.60 bits per heavy atom. The molecule has 2 aliphatic carbocycles. The number of fused-ring (bicyclic) bond motifs is 1. The third-order valence-electron chi connectivity index (χ3n) is 7.75. The van der Waals surface area contributed by atoms with E-state index in [4.69, 9.17) is 4.74 Å². The summed E-state index contributed by atoms with van der Waals surface area (Å²) in [5.41, 5.74) is -4.57. The largest absolute Gasteiger partial charge is 0.458 e. The van der Waals surface area contributed by atoms with Crippen LogP contribution >= 0.6 is 0 Å². The van der Waals surface area contributed by atoms with Gasteiger partial charge in [0.2, 0.25) is 0 Å². The molecule has 8 heteroatoms. The first-order valence-electron chi connectivity index (χ1n) is 11.9. The number of hydrogen-bond donors (Lipinski definition) is 6. The number of benzene rings is 1. The molecule has 0 bridgehead atoms. The SMILES string of the molecule is C/C1=C\[C@H]2[C@@H](OC(=O)c3ccccc3)[C@@H](C)[C@H](O)[C@]2(O)[C@H](O)[C@](C)(O)/C=C/C(C)(C)[C@H](O)C[C@H]1O. The molecule has 0 aromatic heterocycles. The van der Waals surface area contributed by atoms with E-state index in [-0.39, 0.29) is 12.0 Å². The van der Waals surface area contributed by atoms with Crippen molar-refractivity contribution in [1.29, 1.82) is 0 Å². The first-order chi connectivity index (χ1) is 16.1. The molecule has 2 aliphatic rings. The minimum Gasteiger partial charge on any atom is -0.458 e. The van der Waals surface area contributed by atoms with E-state index in [1.54, 1.807) is 58.0 Å². The first-order valence-corrected chi connectivity index (χ1v) is 11.9. The zero-order valence-electron chi connectivity index (χ0n) is 20.9. The number of aliphatic hydroxyl groups excluding tert-OH is 4. The number of hydrogen-bond acceptors (Lipinski definition) is 8. The molecule has 1 fully saturated rings. The van der Waals surface area contributed by atoms with Crippen molar-refractivity contribution in [2.75, 3.05) is 0 Å². The molecule has 8 nitrogen and oxygen atoms in total. The van der Waals surface area contributed by atoms with Gasteiger partial charge in [0.05, 0.1) is 23.9 Å². The van der Waals surface area contributed by atoms with E-state index in [9.17, 15) is 35.4 Å². The van der Waals surface area contributed by atoms with Crippen LogP contribution in [0.5, 0.6) is 0 Å². The van der Waals surface area contributed by atoms with Gasteiger partial charge in [0.1, 0.15) is 23.4 Å². The standard InChI is InChI=1S/C27H38O8/c1-15-13-18-21(35-23(31)17-9-7-6-8-10-17)16(2)22(30)27(18,34)24(32)26(5,33)12-11-25(3,4)20(29)14-19(15)28/h6-13,16,18-22,24,28-30,32-34H,14H2,1-5H3/b12-11+,15-13+/t16-,18+,19-,20-,21+,22+,24-,26-,27+/m1/s1. The number of aliphatic hydroxyl groups is 6. The molecule has 1 aromatic carbocycles. The summed E-state index contributed by atoms with van der Waals surface area (Å²) in [7, 11) is 0. The molecular formula is C27H38O8. The molecule has 0 unspecified atom stereocenters. The summed E-state index contributed by atoms with van der Waals surface area (Å²) < 4.78 is 5.75. The van der Waals surface area contributed by atoms with Gasteiger partial charge < -0.3 is 35.4 Å². The maximum atomic E-state index is 12.9.